The second-order valence-electron chi connectivity index (χ2n) is 9.20. The van der Waals surface area contributed by atoms with E-state index < -0.39 is 6.03 Å². The van der Waals surface area contributed by atoms with Crippen LogP contribution >= 0.6 is 11.3 Å². The Morgan fingerprint density at radius 1 is 1.03 bits per heavy atom. The van der Waals surface area contributed by atoms with Gasteiger partial charge in [0.1, 0.15) is 22.3 Å². The second kappa shape index (κ2) is 10.9. The summed E-state index contributed by atoms with van der Waals surface area (Å²) >= 11 is 1.43. The van der Waals surface area contributed by atoms with E-state index in [-0.39, 0.29) is 11.8 Å². The molecule has 1 fully saturated rings. The lowest BCUT2D eigenvalue weighted by Gasteiger charge is -2.16. The molecule has 11 heteroatoms. The molecule has 1 unspecified atom stereocenters. The van der Waals surface area contributed by atoms with Crippen molar-refractivity contribution in [2.24, 2.45) is 5.92 Å². The second-order valence-corrected chi connectivity index (χ2v) is 10.1. The van der Waals surface area contributed by atoms with Gasteiger partial charge in [0.05, 0.1) is 6.61 Å². The van der Waals surface area contributed by atoms with Crippen LogP contribution in [0.25, 0.3) is 21.5 Å². The van der Waals surface area contributed by atoms with Crippen LogP contribution in [-0.2, 0) is 0 Å². The van der Waals surface area contributed by atoms with Crippen LogP contribution in [0.3, 0.4) is 0 Å². The van der Waals surface area contributed by atoms with E-state index in [2.05, 4.69) is 30.6 Å². The third-order valence-electron chi connectivity index (χ3n) is 6.44. The first-order valence-electron chi connectivity index (χ1n) is 12.5. The molecule has 0 radical (unpaired) electrons. The first-order chi connectivity index (χ1) is 19.1. The molecule has 0 spiro atoms. The highest BCUT2D eigenvalue weighted by molar-refractivity contribution is 7.13. The lowest BCUT2D eigenvalue weighted by Crippen LogP contribution is -2.29. The predicted molar refractivity (Wildman–Crippen MR) is 150 cm³/mol. The van der Waals surface area contributed by atoms with Gasteiger partial charge in [-0.15, -0.1) is 11.3 Å². The lowest BCUT2D eigenvalue weighted by molar-refractivity contribution is 0.0778. The maximum absolute atomic E-state index is 13.0. The van der Waals surface area contributed by atoms with Crippen LogP contribution in [0.2, 0.25) is 0 Å². The highest BCUT2D eigenvalue weighted by Gasteiger charge is 2.28. The van der Waals surface area contributed by atoms with Crippen molar-refractivity contribution in [3.05, 3.63) is 84.1 Å². The van der Waals surface area contributed by atoms with Crippen molar-refractivity contribution in [1.29, 1.82) is 0 Å². The number of aromatic amines is 1. The number of fused-ring (bicyclic) bond motifs is 1. The van der Waals surface area contributed by atoms with E-state index in [1.54, 1.807) is 36.0 Å². The number of nitrogens with zero attached hydrogens (tertiary/aromatic N) is 4. The molecule has 5 aromatic rings. The maximum atomic E-state index is 13.0. The summed E-state index contributed by atoms with van der Waals surface area (Å²) in [6, 6.07) is 18.2. The molecule has 1 aliphatic rings. The normalized spacial score (nSPS) is 14.9. The number of carbonyl (C=O) groups excluding carboxylic acids is 2. The van der Waals surface area contributed by atoms with Crippen molar-refractivity contribution < 1.29 is 14.3 Å². The van der Waals surface area contributed by atoms with E-state index >= 15 is 0 Å². The number of para-hydroxylation sites is 1. The number of aromatic nitrogens is 4. The molecule has 1 atom stereocenters. The van der Waals surface area contributed by atoms with Gasteiger partial charge in [-0.1, -0.05) is 24.3 Å². The number of carbonyl (C=O) groups is 2. The third-order valence-corrected chi connectivity index (χ3v) is 7.33. The van der Waals surface area contributed by atoms with Crippen LogP contribution in [0.15, 0.2) is 78.4 Å². The topological polar surface area (TPSA) is 125 Å². The summed E-state index contributed by atoms with van der Waals surface area (Å²) in [5, 5.41) is 9.03. The molecule has 3 N–H and O–H groups in total. The summed E-state index contributed by atoms with van der Waals surface area (Å²) in [6.07, 6.45) is 4.25. The van der Waals surface area contributed by atoms with Gasteiger partial charge in [-0.05, 0) is 36.8 Å². The highest BCUT2D eigenvalue weighted by atomic mass is 32.1. The minimum absolute atomic E-state index is 0.00274. The molecule has 5 heterocycles. The molecule has 0 aliphatic carbocycles. The molecule has 1 aliphatic heterocycles. The number of pyridine rings is 2. The quantitative estimate of drug-likeness (QED) is 0.259. The Hall–Kier alpha value is -4.77. The fourth-order valence-corrected chi connectivity index (χ4v) is 5.26. The van der Waals surface area contributed by atoms with Gasteiger partial charge in [0.25, 0.3) is 5.91 Å². The van der Waals surface area contributed by atoms with Crippen LogP contribution in [0.4, 0.5) is 16.4 Å². The number of thiazole rings is 1. The number of H-pyrrole nitrogens is 1. The Morgan fingerprint density at radius 3 is 2.74 bits per heavy atom. The first-order valence-corrected chi connectivity index (χ1v) is 13.4. The van der Waals surface area contributed by atoms with Gasteiger partial charge in [-0.2, -0.15) is 4.98 Å². The molecule has 0 bridgehead atoms. The Bertz CT molecular complexity index is 1580. The van der Waals surface area contributed by atoms with E-state index in [9.17, 15) is 9.59 Å². The Balaban J connectivity index is 0.998. The van der Waals surface area contributed by atoms with Gasteiger partial charge in [0.2, 0.25) is 5.88 Å². The van der Waals surface area contributed by atoms with Crippen LogP contribution in [0, 0.1) is 5.92 Å². The van der Waals surface area contributed by atoms with Crippen LogP contribution in [-0.4, -0.2) is 56.5 Å². The monoisotopic (exact) mass is 539 g/mol. The SMILES string of the molecule is O=C(Nc1cccc(OCC2CCN(C(=O)c3cc4ccccc4[nH]3)C2)n1)Nc1csc(-c2ccncc2)n1. The standard InChI is InChI=1S/C28H25N7O3S/c36-27(22-14-20-4-1-2-5-21(20)30-22)35-13-10-18(15-35)16-38-25-7-3-6-23(31-25)33-28(37)34-24-17-39-26(32-24)19-8-11-29-12-9-19/h1-9,11-12,14,17-18,30H,10,13,15-16H2,(H2,31,33,34,37). The number of amides is 3. The highest BCUT2D eigenvalue weighted by Crippen LogP contribution is 2.26. The Kier molecular flexibility index (Phi) is 6.88. The van der Waals surface area contributed by atoms with E-state index in [1.807, 2.05) is 47.4 Å². The smallest absolute Gasteiger partial charge is 0.326 e. The number of ether oxygens (including phenoxy) is 1. The fraction of sp³-hybridized carbons (Fsp3) is 0.179. The van der Waals surface area contributed by atoms with Crippen molar-refractivity contribution in [3.63, 3.8) is 0 Å². The Morgan fingerprint density at radius 2 is 1.87 bits per heavy atom. The van der Waals surface area contributed by atoms with Gasteiger partial charge >= 0.3 is 6.03 Å². The van der Waals surface area contributed by atoms with E-state index in [0.717, 1.165) is 27.9 Å². The van der Waals surface area contributed by atoms with Crippen LogP contribution in [0.1, 0.15) is 16.9 Å². The molecule has 6 rings (SSSR count). The average Bonchev–Trinajstić information content (AvgIpc) is 3.72. The number of anilines is 2. The molecule has 1 saturated heterocycles. The summed E-state index contributed by atoms with van der Waals surface area (Å²) in [7, 11) is 0. The van der Waals surface area contributed by atoms with Gasteiger partial charge in [0, 0.05) is 59.3 Å². The summed E-state index contributed by atoms with van der Waals surface area (Å²) in [5.41, 5.74) is 2.49. The number of rotatable bonds is 7. The molecule has 10 nitrogen and oxygen atoms in total. The molecule has 1 aromatic carbocycles. The van der Waals surface area contributed by atoms with Gasteiger partial charge < -0.3 is 14.6 Å². The van der Waals surface area contributed by atoms with Crippen molar-refractivity contribution in [3.8, 4) is 16.5 Å². The lowest BCUT2D eigenvalue weighted by atomic mass is 10.1. The van der Waals surface area contributed by atoms with E-state index in [4.69, 9.17) is 4.74 Å². The predicted octanol–water partition coefficient (Wildman–Crippen LogP) is 5.27. The molecule has 196 valence electrons. The zero-order valence-electron chi connectivity index (χ0n) is 20.8. The molecule has 4 aromatic heterocycles. The fourth-order valence-electron chi connectivity index (χ4n) is 4.50. The number of hydrogen-bond acceptors (Lipinski definition) is 7. The molecule has 39 heavy (non-hydrogen) atoms. The van der Waals surface area contributed by atoms with Crippen LogP contribution < -0.4 is 15.4 Å². The molecular formula is C28H25N7O3S. The minimum atomic E-state index is -0.451. The zero-order chi connectivity index (χ0) is 26.6. The number of benzene rings is 1. The summed E-state index contributed by atoms with van der Waals surface area (Å²) in [6.45, 7) is 1.72. The number of hydrogen-bond donors (Lipinski definition) is 3. The largest absolute Gasteiger partial charge is 0.477 e. The maximum Gasteiger partial charge on any atom is 0.326 e. The van der Waals surface area contributed by atoms with Crippen molar-refractivity contribution in [2.45, 2.75) is 6.42 Å². The summed E-state index contributed by atoms with van der Waals surface area (Å²) in [4.78, 5) is 43.4. The number of likely N-dealkylation sites (tertiary alicyclic amines) is 1. The zero-order valence-corrected chi connectivity index (χ0v) is 21.6. The van der Waals surface area contributed by atoms with Gasteiger partial charge in [0.15, 0.2) is 0 Å². The van der Waals surface area contributed by atoms with Crippen molar-refractivity contribution >= 4 is 45.8 Å². The molecule has 0 saturated carbocycles. The Labute approximate surface area is 228 Å². The van der Waals surface area contributed by atoms with Gasteiger partial charge in [-0.25, -0.2) is 9.78 Å². The van der Waals surface area contributed by atoms with E-state index in [0.29, 0.717) is 42.9 Å². The number of nitrogens with one attached hydrogen (secondary N) is 3. The summed E-state index contributed by atoms with van der Waals surface area (Å²) < 4.78 is 5.92. The van der Waals surface area contributed by atoms with Crippen LogP contribution in [0.5, 0.6) is 5.88 Å². The molecule has 3 amide bonds. The summed E-state index contributed by atoms with van der Waals surface area (Å²) in [5.74, 6) is 1.40. The van der Waals surface area contributed by atoms with Crippen molar-refractivity contribution in [2.75, 3.05) is 30.3 Å². The molecular weight excluding hydrogens is 514 g/mol. The van der Waals surface area contributed by atoms with Crippen molar-refractivity contribution in [1.82, 2.24) is 24.8 Å². The van der Waals surface area contributed by atoms with E-state index in [1.165, 1.54) is 11.3 Å². The third kappa shape index (κ3) is 5.73. The minimum Gasteiger partial charge on any atom is -0.477 e. The average molecular weight is 540 g/mol. The van der Waals surface area contributed by atoms with Gasteiger partial charge in [-0.3, -0.25) is 20.4 Å². The number of urea groups is 1. The first kappa shape index (κ1) is 24.6.